The van der Waals surface area contributed by atoms with E-state index >= 15 is 0 Å². The first-order valence-corrected chi connectivity index (χ1v) is 6.42. The molecule has 1 atom stereocenters. The predicted molar refractivity (Wildman–Crippen MR) is 61.4 cm³/mol. The minimum Gasteiger partial charge on any atom is -0.480 e. The summed E-state index contributed by atoms with van der Waals surface area (Å²) in [5.41, 5.74) is 0. The van der Waals surface area contributed by atoms with Crippen molar-refractivity contribution in [2.75, 3.05) is 31.8 Å². The number of ether oxygens (including phenoxy) is 1. The Morgan fingerprint density at radius 1 is 1.60 bits per heavy atom. The van der Waals surface area contributed by atoms with E-state index in [-0.39, 0.29) is 6.61 Å². The zero-order chi connectivity index (χ0) is 11.1. The van der Waals surface area contributed by atoms with Crippen molar-refractivity contribution in [3.8, 4) is 0 Å². The van der Waals surface area contributed by atoms with E-state index in [1.807, 2.05) is 11.8 Å². The van der Waals surface area contributed by atoms with Crippen LogP contribution >= 0.6 is 11.8 Å². The summed E-state index contributed by atoms with van der Waals surface area (Å²) in [4.78, 5) is 10.8. The van der Waals surface area contributed by atoms with Crippen molar-refractivity contribution in [1.82, 2.24) is 5.32 Å². The van der Waals surface area contributed by atoms with E-state index in [9.17, 15) is 4.79 Å². The second-order valence-electron chi connectivity index (χ2n) is 3.81. The highest BCUT2D eigenvalue weighted by Crippen LogP contribution is 2.21. The molecule has 1 rings (SSSR count). The first-order chi connectivity index (χ1) is 7.24. The smallest absolute Gasteiger partial charge is 0.323 e. The first kappa shape index (κ1) is 12.8. The molecule has 0 saturated carbocycles. The average Bonchev–Trinajstić information content (AvgIpc) is 2.25. The molecule has 1 aliphatic heterocycles. The lowest BCUT2D eigenvalue weighted by Gasteiger charge is -2.23. The molecule has 1 unspecified atom stereocenters. The van der Waals surface area contributed by atoms with Gasteiger partial charge >= 0.3 is 5.97 Å². The fourth-order valence-electron chi connectivity index (χ4n) is 1.64. The van der Waals surface area contributed by atoms with Crippen molar-refractivity contribution < 1.29 is 14.6 Å². The van der Waals surface area contributed by atoms with Crippen molar-refractivity contribution in [2.24, 2.45) is 5.92 Å². The van der Waals surface area contributed by atoms with Crippen LogP contribution in [0.3, 0.4) is 0 Å². The maximum absolute atomic E-state index is 10.8. The van der Waals surface area contributed by atoms with Gasteiger partial charge in [0.15, 0.2) is 0 Å². The summed E-state index contributed by atoms with van der Waals surface area (Å²) in [6.45, 7) is 1.03. The molecule has 15 heavy (non-hydrogen) atoms. The Labute approximate surface area is 94.8 Å². The van der Waals surface area contributed by atoms with Crippen molar-refractivity contribution in [3.05, 3.63) is 0 Å². The second kappa shape index (κ2) is 7.09. The zero-order valence-electron chi connectivity index (χ0n) is 9.07. The van der Waals surface area contributed by atoms with Gasteiger partial charge in [-0.25, -0.2) is 0 Å². The normalized spacial score (nSPS) is 20.1. The molecule has 1 aliphatic rings. The third-order valence-electron chi connectivity index (χ3n) is 2.63. The Morgan fingerprint density at radius 2 is 2.27 bits per heavy atom. The van der Waals surface area contributed by atoms with Gasteiger partial charge in [0.1, 0.15) is 6.04 Å². The number of carboxylic acids is 1. The standard InChI is InChI=1S/C10H19NO3S/c1-14-7-9(10(12)13)11-6-8-2-4-15-5-3-8/h8-9,11H,2-7H2,1H3,(H,12,13). The van der Waals surface area contributed by atoms with E-state index in [0.717, 1.165) is 6.54 Å². The Balaban J connectivity index is 2.22. The van der Waals surface area contributed by atoms with Gasteiger partial charge in [0.25, 0.3) is 0 Å². The Hall–Kier alpha value is -0.260. The third kappa shape index (κ3) is 4.86. The summed E-state index contributed by atoms with van der Waals surface area (Å²) in [6.07, 6.45) is 2.38. The van der Waals surface area contributed by atoms with Crippen molar-refractivity contribution >= 4 is 17.7 Å². The van der Waals surface area contributed by atoms with Crippen LogP contribution in [-0.4, -0.2) is 48.9 Å². The van der Waals surface area contributed by atoms with E-state index in [2.05, 4.69) is 5.32 Å². The largest absolute Gasteiger partial charge is 0.480 e. The van der Waals surface area contributed by atoms with E-state index in [4.69, 9.17) is 9.84 Å². The van der Waals surface area contributed by atoms with Gasteiger partial charge in [-0.15, -0.1) is 0 Å². The van der Waals surface area contributed by atoms with Crippen LogP contribution < -0.4 is 5.32 Å². The van der Waals surface area contributed by atoms with Crippen molar-refractivity contribution in [2.45, 2.75) is 18.9 Å². The highest BCUT2D eigenvalue weighted by molar-refractivity contribution is 7.99. The first-order valence-electron chi connectivity index (χ1n) is 5.27. The molecule has 1 saturated heterocycles. The maximum Gasteiger partial charge on any atom is 0.323 e. The summed E-state index contributed by atoms with van der Waals surface area (Å²) in [7, 11) is 1.52. The Kier molecular flexibility index (Phi) is 6.05. The highest BCUT2D eigenvalue weighted by atomic mass is 32.2. The minimum atomic E-state index is -0.831. The summed E-state index contributed by atoms with van der Waals surface area (Å²) < 4.78 is 4.86. The van der Waals surface area contributed by atoms with Crippen LogP contribution in [0.15, 0.2) is 0 Å². The molecular formula is C10H19NO3S. The van der Waals surface area contributed by atoms with E-state index in [1.165, 1.54) is 31.5 Å². The SMILES string of the molecule is COCC(NCC1CCSCC1)C(=O)O. The highest BCUT2D eigenvalue weighted by Gasteiger charge is 2.19. The molecule has 2 N–H and O–H groups in total. The Morgan fingerprint density at radius 3 is 2.80 bits per heavy atom. The molecule has 0 spiro atoms. The zero-order valence-corrected chi connectivity index (χ0v) is 9.89. The fourth-order valence-corrected chi connectivity index (χ4v) is 2.85. The lowest BCUT2D eigenvalue weighted by Crippen LogP contribution is -2.43. The quantitative estimate of drug-likeness (QED) is 0.711. The summed E-state index contributed by atoms with van der Waals surface area (Å²) in [5, 5.41) is 11.9. The molecule has 0 amide bonds. The summed E-state index contributed by atoms with van der Waals surface area (Å²) in [6, 6.07) is -0.565. The van der Waals surface area contributed by atoms with Crippen molar-refractivity contribution in [1.29, 1.82) is 0 Å². The molecule has 0 radical (unpaired) electrons. The maximum atomic E-state index is 10.8. The van der Waals surface area contributed by atoms with Gasteiger partial charge in [0.05, 0.1) is 6.61 Å². The van der Waals surface area contributed by atoms with Gasteiger partial charge in [-0.2, -0.15) is 11.8 Å². The predicted octanol–water partition coefficient (Wildman–Crippen LogP) is 0.819. The van der Waals surface area contributed by atoms with Gasteiger partial charge in [0, 0.05) is 7.11 Å². The van der Waals surface area contributed by atoms with Crippen LogP contribution in [0.4, 0.5) is 0 Å². The molecule has 0 aromatic heterocycles. The topological polar surface area (TPSA) is 58.6 Å². The third-order valence-corrected chi connectivity index (χ3v) is 3.67. The number of aliphatic carboxylic acids is 1. The van der Waals surface area contributed by atoms with E-state index < -0.39 is 12.0 Å². The molecule has 0 aromatic carbocycles. The van der Waals surface area contributed by atoms with Crippen LogP contribution in [-0.2, 0) is 9.53 Å². The molecule has 0 aliphatic carbocycles. The lowest BCUT2D eigenvalue weighted by atomic mass is 10.0. The van der Waals surface area contributed by atoms with Crippen LogP contribution in [0.25, 0.3) is 0 Å². The molecule has 0 aromatic rings. The molecule has 5 heteroatoms. The van der Waals surface area contributed by atoms with Crippen LogP contribution in [0.1, 0.15) is 12.8 Å². The number of hydrogen-bond acceptors (Lipinski definition) is 4. The van der Waals surface area contributed by atoms with Crippen LogP contribution in [0.2, 0.25) is 0 Å². The number of rotatable bonds is 6. The average molecular weight is 233 g/mol. The molecule has 0 bridgehead atoms. The fraction of sp³-hybridized carbons (Fsp3) is 0.900. The number of carboxylic acid groups (broad SMARTS) is 1. The minimum absolute atomic E-state index is 0.233. The monoisotopic (exact) mass is 233 g/mol. The summed E-state index contributed by atoms with van der Waals surface area (Å²) >= 11 is 1.98. The number of carbonyl (C=O) groups is 1. The molecule has 1 fully saturated rings. The van der Waals surface area contributed by atoms with Gasteiger partial charge in [-0.1, -0.05) is 0 Å². The lowest BCUT2D eigenvalue weighted by molar-refractivity contribution is -0.140. The van der Waals surface area contributed by atoms with Gasteiger partial charge in [-0.05, 0) is 36.8 Å². The Bertz CT molecular complexity index is 195. The van der Waals surface area contributed by atoms with Gasteiger partial charge < -0.3 is 15.2 Å². The van der Waals surface area contributed by atoms with Gasteiger partial charge in [0.2, 0.25) is 0 Å². The van der Waals surface area contributed by atoms with Gasteiger partial charge in [-0.3, -0.25) is 4.79 Å². The number of hydrogen-bond donors (Lipinski definition) is 2. The number of nitrogens with one attached hydrogen (secondary N) is 1. The molecular weight excluding hydrogens is 214 g/mol. The molecule has 1 heterocycles. The van der Waals surface area contributed by atoms with Crippen molar-refractivity contribution in [3.63, 3.8) is 0 Å². The number of methoxy groups -OCH3 is 1. The summed E-state index contributed by atoms with van der Waals surface area (Å²) in [5.74, 6) is 2.20. The molecule has 4 nitrogen and oxygen atoms in total. The number of thioether (sulfide) groups is 1. The second-order valence-corrected chi connectivity index (χ2v) is 5.03. The van der Waals surface area contributed by atoms with Crippen LogP contribution in [0.5, 0.6) is 0 Å². The van der Waals surface area contributed by atoms with Crippen LogP contribution in [0, 0.1) is 5.92 Å². The molecule has 88 valence electrons. The van der Waals surface area contributed by atoms with E-state index in [1.54, 1.807) is 0 Å². The van der Waals surface area contributed by atoms with E-state index in [0.29, 0.717) is 5.92 Å².